The normalized spacial score (nSPS) is 10.5. The smallest absolute Gasteiger partial charge is 0.308 e. The third-order valence-corrected chi connectivity index (χ3v) is 5.94. The van der Waals surface area contributed by atoms with Crippen LogP contribution in [0.5, 0.6) is 17.2 Å². The number of esters is 1. The lowest BCUT2D eigenvalue weighted by molar-refractivity contribution is -0.131. The first kappa shape index (κ1) is 23.9. The summed E-state index contributed by atoms with van der Waals surface area (Å²) in [7, 11) is 0. The first-order chi connectivity index (χ1) is 18.0. The Hall–Kier alpha value is -4.83. The van der Waals surface area contributed by atoms with Crippen molar-refractivity contribution in [2.24, 2.45) is 0 Å². The molecule has 0 saturated heterocycles. The van der Waals surface area contributed by atoms with E-state index < -0.39 is 0 Å². The van der Waals surface area contributed by atoms with Crippen LogP contribution in [0.4, 0.5) is 17.1 Å². The van der Waals surface area contributed by atoms with Crippen LogP contribution >= 0.6 is 0 Å². The summed E-state index contributed by atoms with van der Waals surface area (Å²) >= 11 is 0. The van der Waals surface area contributed by atoms with Gasteiger partial charge in [-0.2, -0.15) is 0 Å². The number of nitrogens with zero attached hydrogens (tertiary/aromatic N) is 1. The number of carbonyl (C=O) groups excluding carboxylic acids is 1. The van der Waals surface area contributed by atoms with Crippen molar-refractivity contribution in [3.8, 4) is 28.4 Å². The Bertz CT molecular complexity index is 1460. The molecule has 0 aromatic heterocycles. The van der Waals surface area contributed by atoms with Crippen LogP contribution in [-0.2, 0) is 4.79 Å². The molecular weight excluding hydrogens is 458 g/mol. The van der Waals surface area contributed by atoms with E-state index in [0.717, 1.165) is 17.1 Å². The van der Waals surface area contributed by atoms with Crippen LogP contribution < -0.4 is 14.4 Å². The highest BCUT2D eigenvalue weighted by atomic mass is 16.5. The third-order valence-electron chi connectivity index (χ3n) is 5.94. The minimum atomic E-state index is -0.350. The van der Waals surface area contributed by atoms with Gasteiger partial charge in [0.25, 0.3) is 0 Å². The molecule has 0 amide bonds. The van der Waals surface area contributed by atoms with Crippen molar-refractivity contribution in [3.05, 3.63) is 133 Å². The molecule has 0 fully saturated rings. The first-order valence-electron chi connectivity index (χ1n) is 12.1. The predicted molar refractivity (Wildman–Crippen MR) is 149 cm³/mol. The Balaban J connectivity index is 1.41. The maximum absolute atomic E-state index is 11.1. The van der Waals surface area contributed by atoms with Gasteiger partial charge in [-0.25, -0.2) is 0 Å². The van der Waals surface area contributed by atoms with Crippen LogP contribution in [0.2, 0.25) is 0 Å². The molecule has 4 nitrogen and oxygen atoms in total. The molecule has 0 bridgehead atoms. The van der Waals surface area contributed by atoms with E-state index in [4.69, 9.17) is 9.47 Å². The summed E-state index contributed by atoms with van der Waals surface area (Å²) in [6.07, 6.45) is 0. The van der Waals surface area contributed by atoms with Gasteiger partial charge in [-0.3, -0.25) is 4.79 Å². The van der Waals surface area contributed by atoms with Crippen LogP contribution in [0.15, 0.2) is 127 Å². The molecule has 5 aromatic carbocycles. The average molecular weight is 486 g/mol. The molecule has 0 unspecified atom stereocenters. The summed E-state index contributed by atoms with van der Waals surface area (Å²) < 4.78 is 11.1. The van der Waals surface area contributed by atoms with E-state index in [1.807, 2.05) is 30.3 Å². The molecule has 0 heterocycles. The number of benzene rings is 5. The zero-order valence-corrected chi connectivity index (χ0v) is 20.8. The minimum Gasteiger partial charge on any atom is -0.457 e. The third kappa shape index (κ3) is 5.88. The zero-order chi connectivity index (χ0) is 25.6. The highest BCUT2D eigenvalue weighted by Crippen LogP contribution is 2.37. The van der Waals surface area contributed by atoms with Gasteiger partial charge in [-0.15, -0.1) is 0 Å². The number of aryl methyl sites for hydroxylation is 1. The van der Waals surface area contributed by atoms with Crippen LogP contribution in [0, 0.1) is 6.92 Å². The highest BCUT2D eigenvalue weighted by molar-refractivity contribution is 5.78. The topological polar surface area (TPSA) is 38.8 Å². The number of ether oxygens (including phenoxy) is 2. The van der Waals surface area contributed by atoms with Crippen molar-refractivity contribution in [1.29, 1.82) is 0 Å². The van der Waals surface area contributed by atoms with E-state index in [0.29, 0.717) is 17.2 Å². The highest BCUT2D eigenvalue weighted by Gasteiger charge is 2.13. The SMILES string of the molecule is CC(=O)Oc1ccc(Oc2ccc(N(c3ccc(C)cc3)c3ccc(-c4ccccc4)cc3)cc2)cc1. The molecule has 4 heteroatoms. The molecule has 5 rings (SSSR count). The lowest BCUT2D eigenvalue weighted by Crippen LogP contribution is -2.09. The van der Waals surface area contributed by atoms with Gasteiger partial charge in [0.15, 0.2) is 0 Å². The summed E-state index contributed by atoms with van der Waals surface area (Å²) in [5.74, 6) is 1.52. The maximum atomic E-state index is 11.1. The lowest BCUT2D eigenvalue weighted by Gasteiger charge is -2.26. The van der Waals surface area contributed by atoms with E-state index in [2.05, 4.69) is 84.6 Å². The van der Waals surface area contributed by atoms with Gasteiger partial charge in [0.1, 0.15) is 17.2 Å². The van der Waals surface area contributed by atoms with Gasteiger partial charge >= 0.3 is 5.97 Å². The largest absolute Gasteiger partial charge is 0.457 e. The predicted octanol–water partition coefficient (Wildman–Crippen LogP) is 8.85. The second kappa shape index (κ2) is 10.8. The van der Waals surface area contributed by atoms with Gasteiger partial charge in [-0.1, -0.05) is 60.2 Å². The zero-order valence-electron chi connectivity index (χ0n) is 20.8. The van der Waals surface area contributed by atoms with Crippen molar-refractivity contribution in [2.75, 3.05) is 4.90 Å². The van der Waals surface area contributed by atoms with Gasteiger partial charge < -0.3 is 14.4 Å². The molecule has 5 aromatic rings. The minimum absolute atomic E-state index is 0.350. The monoisotopic (exact) mass is 485 g/mol. The lowest BCUT2D eigenvalue weighted by atomic mass is 10.0. The number of hydrogen-bond donors (Lipinski definition) is 0. The molecule has 0 spiro atoms. The standard InChI is InChI=1S/C33H27NO3/c1-24-8-12-28(13-9-24)34(29-14-10-27(11-15-29)26-6-4-3-5-7-26)30-16-18-32(19-17-30)37-33-22-20-31(21-23-33)36-25(2)35/h3-23H,1-2H3. The molecule has 182 valence electrons. The molecule has 37 heavy (non-hydrogen) atoms. The number of anilines is 3. The van der Waals surface area contributed by atoms with E-state index >= 15 is 0 Å². The fourth-order valence-electron chi connectivity index (χ4n) is 4.12. The van der Waals surface area contributed by atoms with Crippen LogP contribution in [0.1, 0.15) is 12.5 Å². The molecule has 0 saturated carbocycles. The Morgan fingerprint density at radius 1 is 0.541 bits per heavy atom. The Labute approximate surface area is 217 Å². The van der Waals surface area contributed by atoms with E-state index in [1.54, 1.807) is 24.3 Å². The molecule has 0 N–H and O–H groups in total. The number of hydrogen-bond acceptors (Lipinski definition) is 4. The molecule has 0 radical (unpaired) electrons. The Morgan fingerprint density at radius 3 is 1.51 bits per heavy atom. The fourth-order valence-corrected chi connectivity index (χ4v) is 4.12. The Morgan fingerprint density at radius 2 is 0.973 bits per heavy atom. The van der Waals surface area contributed by atoms with E-state index in [-0.39, 0.29) is 5.97 Å². The van der Waals surface area contributed by atoms with Gasteiger partial charge in [0.05, 0.1) is 0 Å². The maximum Gasteiger partial charge on any atom is 0.308 e. The number of carbonyl (C=O) groups is 1. The second-order valence-electron chi connectivity index (χ2n) is 8.74. The Kier molecular flexibility index (Phi) is 7.00. The number of rotatable bonds is 7. The summed E-state index contributed by atoms with van der Waals surface area (Å²) in [5.41, 5.74) is 6.75. The summed E-state index contributed by atoms with van der Waals surface area (Å²) in [6, 6.07) is 42.5. The molecular formula is C33H27NO3. The van der Waals surface area contributed by atoms with Crippen molar-refractivity contribution in [3.63, 3.8) is 0 Å². The van der Waals surface area contributed by atoms with Crippen LogP contribution in [-0.4, -0.2) is 5.97 Å². The van der Waals surface area contributed by atoms with Crippen molar-refractivity contribution in [1.82, 2.24) is 0 Å². The van der Waals surface area contributed by atoms with E-state index in [9.17, 15) is 4.79 Å². The second-order valence-corrected chi connectivity index (χ2v) is 8.74. The van der Waals surface area contributed by atoms with Crippen LogP contribution in [0.3, 0.4) is 0 Å². The molecule has 0 aliphatic heterocycles. The van der Waals surface area contributed by atoms with Crippen LogP contribution in [0.25, 0.3) is 11.1 Å². The summed E-state index contributed by atoms with van der Waals surface area (Å²) in [5, 5.41) is 0. The van der Waals surface area contributed by atoms with Gasteiger partial charge in [-0.05, 0) is 90.8 Å². The van der Waals surface area contributed by atoms with E-state index in [1.165, 1.54) is 23.6 Å². The van der Waals surface area contributed by atoms with Crippen molar-refractivity contribution < 1.29 is 14.3 Å². The summed E-state index contributed by atoms with van der Waals surface area (Å²) in [6.45, 7) is 3.47. The van der Waals surface area contributed by atoms with Crippen molar-refractivity contribution in [2.45, 2.75) is 13.8 Å². The molecule has 0 atom stereocenters. The van der Waals surface area contributed by atoms with Gasteiger partial charge in [0.2, 0.25) is 0 Å². The van der Waals surface area contributed by atoms with Gasteiger partial charge in [0, 0.05) is 24.0 Å². The summed E-state index contributed by atoms with van der Waals surface area (Å²) in [4.78, 5) is 13.3. The average Bonchev–Trinajstić information content (AvgIpc) is 2.93. The first-order valence-corrected chi connectivity index (χ1v) is 12.1. The van der Waals surface area contributed by atoms with Crippen molar-refractivity contribution >= 4 is 23.0 Å². The molecule has 0 aliphatic carbocycles. The quantitative estimate of drug-likeness (QED) is 0.170. The molecule has 0 aliphatic rings. The fraction of sp³-hybridized carbons (Fsp3) is 0.0606.